The molecule has 1 aliphatic rings. The maximum absolute atomic E-state index is 6.16. The molecule has 0 fully saturated rings. The quantitative estimate of drug-likeness (QED) is 0.669. The van der Waals surface area contributed by atoms with Gasteiger partial charge in [-0.3, -0.25) is 0 Å². The first kappa shape index (κ1) is 15.1. The van der Waals surface area contributed by atoms with Crippen molar-refractivity contribution in [2.24, 2.45) is 0 Å². The molecule has 2 rings (SSSR count). The van der Waals surface area contributed by atoms with Crippen molar-refractivity contribution in [1.29, 1.82) is 0 Å². The number of nitrogens with zero attached hydrogens (tertiary/aromatic N) is 1. The van der Waals surface area contributed by atoms with Gasteiger partial charge in [-0.25, -0.2) is 0 Å². The lowest BCUT2D eigenvalue weighted by Crippen LogP contribution is -2.10. The van der Waals surface area contributed by atoms with Crippen LogP contribution in [0, 0.1) is 0 Å². The summed E-state index contributed by atoms with van der Waals surface area (Å²) in [5.41, 5.74) is 2.13. The van der Waals surface area contributed by atoms with E-state index in [-0.39, 0.29) is 5.92 Å². The van der Waals surface area contributed by atoms with Gasteiger partial charge in [-0.1, -0.05) is 52.5 Å². The fraction of sp³-hybridized carbons (Fsp3) is 0.286. The molecule has 0 bridgehead atoms. The van der Waals surface area contributed by atoms with Crippen LogP contribution >= 0.6 is 46.4 Å². The van der Waals surface area contributed by atoms with Crippen LogP contribution in [0.1, 0.15) is 17.9 Å². The summed E-state index contributed by atoms with van der Waals surface area (Å²) in [6, 6.07) is 5.94. The van der Waals surface area contributed by atoms with Crippen LogP contribution in [-0.2, 0) is 0 Å². The van der Waals surface area contributed by atoms with E-state index in [0.717, 1.165) is 11.3 Å². The normalized spacial score (nSPS) is 19.5. The van der Waals surface area contributed by atoms with Gasteiger partial charge < -0.3 is 4.90 Å². The topological polar surface area (TPSA) is 3.24 Å². The number of benzene rings is 1. The Balaban J connectivity index is 2.39. The number of allylic oxidation sites excluding steroid dienone is 4. The van der Waals surface area contributed by atoms with E-state index in [1.54, 1.807) is 0 Å². The zero-order chi connectivity index (χ0) is 14.2. The van der Waals surface area contributed by atoms with Crippen molar-refractivity contribution in [2.45, 2.75) is 12.3 Å². The number of hydrogen-bond donors (Lipinski definition) is 0. The fourth-order valence-corrected chi connectivity index (χ4v) is 2.96. The van der Waals surface area contributed by atoms with Crippen LogP contribution in [0.15, 0.2) is 39.4 Å². The van der Waals surface area contributed by atoms with Crippen LogP contribution in [0.4, 0.5) is 5.69 Å². The van der Waals surface area contributed by atoms with Crippen molar-refractivity contribution < 1.29 is 0 Å². The molecule has 0 aliphatic heterocycles. The average Bonchev–Trinajstić information content (AvgIpc) is 2.34. The van der Waals surface area contributed by atoms with E-state index in [1.807, 2.05) is 37.2 Å². The minimum Gasteiger partial charge on any atom is -0.378 e. The molecule has 5 heteroatoms. The van der Waals surface area contributed by atoms with Gasteiger partial charge in [0.15, 0.2) is 0 Å². The van der Waals surface area contributed by atoms with Crippen molar-refractivity contribution >= 4 is 52.1 Å². The van der Waals surface area contributed by atoms with Crippen LogP contribution in [0.2, 0.25) is 5.02 Å². The van der Waals surface area contributed by atoms with Crippen LogP contribution in [-0.4, -0.2) is 14.1 Å². The summed E-state index contributed by atoms with van der Waals surface area (Å²) in [4.78, 5) is 2.01. The average molecular weight is 337 g/mol. The summed E-state index contributed by atoms with van der Waals surface area (Å²) >= 11 is 24.4. The molecule has 0 radical (unpaired) electrons. The van der Waals surface area contributed by atoms with Crippen molar-refractivity contribution in [1.82, 2.24) is 0 Å². The van der Waals surface area contributed by atoms with Gasteiger partial charge in [-0.2, -0.15) is 0 Å². The Morgan fingerprint density at radius 2 is 1.74 bits per heavy atom. The SMILES string of the molecule is CN(C)c1cc(Cl)cc(C2C=C(Cl)C(Cl)=C(Cl)C2)c1. The van der Waals surface area contributed by atoms with Crippen LogP contribution in [0.25, 0.3) is 0 Å². The van der Waals surface area contributed by atoms with E-state index in [4.69, 9.17) is 46.4 Å². The van der Waals surface area contributed by atoms with Crippen LogP contribution < -0.4 is 4.90 Å². The van der Waals surface area contributed by atoms with Crippen molar-refractivity contribution in [3.8, 4) is 0 Å². The predicted octanol–water partition coefficient (Wildman–Crippen LogP) is 5.71. The highest BCUT2D eigenvalue weighted by atomic mass is 35.5. The Labute approximate surface area is 133 Å². The zero-order valence-electron chi connectivity index (χ0n) is 10.6. The van der Waals surface area contributed by atoms with Gasteiger partial charge in [0.25, 0.3) is 0 Å². The molecule has 0 saturated carbocycles. The minimum atomic E-state index is 0.0971. The number of halogens is 4. The first-order valence-corrected chi connectivity index (χ1v) is 7.29. The molecule has 0 heterocycles. The summed E-state index contributed by atoms with van der Waals surface area (Å²) in [6.45, 7) is 0. The maximum atomic E-state index is 6.16. The predicted molar refractivity (Wildman–Crippen MR) is 85.8 cm³/mol. The van der Waals surface area contributed by atoms with Crippen molar-refractivity contribution in [3.63, 3.8) is 0 Å². The third kappa shape index (κ3) is 3.41. The molecule has 1 atom stereocenters. The highest BCUT2D eigenvalue weighted by Gasteiger charge is 2.21. The van der Waals surface area contributed by atoms with Gasteiger partial charge in [0.2, 0.25) is 0 Å². The van der Waals surface area contributed by atoms with Crippen molar-refractivity contribution in [2.75, 3.05) is 19.0 Å². The molecule has 0 spiro atoms. The fourth-order valence-electron chi connectivity index (χ4n) is 2.00. The smallest absolute Gasteiger partial charge is 0.0734 e. The number of hydrogen-bond acceptors (Lipinski definition) is 1. The van der Waals surface area contributed by atoms with Crippen molar-refractivity contribution in [3.05, 3.63) is 50.0 Å². The van der Waals surface area contributed by atoms with E-state index in [2.05, 4.69) is 6.07 Å². The second kappa shape index (κ2) is 5.97. The Morgan fingerprint density at radius 1 is 1.05 bits per heavy atom. The molecule has 1 nitrogen and oxygen atoms in total. The third-order valence-electron chi connectivity index (χ3n) is 3.04. The summed E-state index contributed by atoms with van der Waals surface area (Å²) < 4.78 is 0. The van der Waals surface area contributed by atoms with Gasteiger partial charge in [0, 0.05) is 35.8 Å². The Morgan fingerprint density at radius 3 is 2.32 bits per heavy atom. The molecular formula is C14H13Cl4N. The highest BCUT2D eigenvalue weighted by Crippen LogP contribution is 2.41. The molecule has 0 aromatic heterocycles. The standard InChI is InChI=1S/C14H13Cl4N/c1-19(2)11-4-8(3-10(15)7-11)9-5-12(16)14(18)13(17)6-9/h3-5,7,9H,6H2,1-2H3. The molecule has 19 heavy (non-hydrogen) atoms. The minimum absolute atomic E-state index is 0.0971. The molecule has 1 aromatic carbocycles. The molecule has 1 aliphatic carbocycles. The molecular weight excluding hydrogens is 324 g/mol. The first-order valence-electron chi connectivity index (χ1n) is 5.78. The zero-order valence-corrected chi connectivity index (χ0v) is 13.6. The first-order chi connectivity index (χ1) is 8.88. The lowest BCUT2D eigenvalue weighted by atomic mass is 9.92. The van der Waals surface area contributed by atoms with Gasteiger partial charge in [0.05, 0.1) is 10.1 Å². The van der Waals surface area contributed by atoms with Crippen LogP contribution in [0.5, 0.6) is 0 Å². The summed E-state index contributed by atoms with van der Waals surface area (Å²) in [7, 11) is 3.95. The molecule has 102 valence electrons. The molecule has 0 N–H and O–H groups in total. The van der Waals surface area contributed by atoms with E-state index >= 15 is 0 Å². The van der Waals surface area contributed by atoms with Gasteiger partial charge in [-0.05, 0) is 30.2 Å². The summed E-state index contributed by atoms with van der Waals surface area (Å²) in [6.07, 6.45) is 2.56. The highest BCUT2D eigenvalue weighted by molar-refractivity contribution is 6.48. The molecule has 0 amide bonds. The lowest BCUT2D eigenvalue weighted by Gasteiger charge is -2.21. The van der Waals surface area contributed by atoms with Gasteiger partial charge >= 0.3 is 0 Å². The number of anilines is 1. The van der Waals surface area contributed by atoms with E-state index in [9.17, 15) is 0 Å². The second-order valence-electron chi connectivity index (χ2n) is 4.68. The van der Waals surface area contributed by atoms with Crippen LogP contribution in [0.3, 0.4) is 0 Å². The maximum Gasteiger partial charge on any atom is 0.0734 e. The summed E-state index contributed by atoms with van der Waals surface area (Å²) in [5.74, 6) is 0.0971. The Kier molecular flexibility index (Phi) is 4.73. The van der Waals surface area contributed by atoms with Gasteiger partial charge in [0.1, 0.15) is 0 Å². The number of rotatable bonds is 2. The molecule has 1 aromatic rings. The molecule has 1 unspecified atom stereocenters. The Hall–Kier alpha value is -0.340. The largest absolute Gasteiger partial charge is 0.378 e. The summed E-state index contributed by atoms with van der Waals surface area (Å²) in [5, 5.41) is 2.22. The third-order valence-corrected chi connectivity index (χ3v) is 4.55. The Bertz CT molecular complexity index is 561. The van der Waals surface area contributed by atoms with E-state index in [1.165, 1.54) is 0 Å². The second-order valence-corrected chi connectivity index (χ2v) is 6.36. The van der Waals surface area contributed by atoms with Gasteiger partial charge in [-0.15, -0.1) is 0 Å². The van der Waals surface area contributed by atoms with E-state index in [0.29, 0.717) is 26.5 Å². The molecule has 0 saturated heterocycles. The van der Waals surface area contributed by atoms with E-state index < -0.39 is 0 Å². The lowest BCUT2D eigenvalue weighted by molar-refractivity contribution is 0.836. The monoisotopic (exact) mass is 335 g/mol.